The second kappa shape index (κ2) is 10.0. The summed E-state index contributed by atoms with van der Waals surface area (Å²) in [5, 5.41) is 15.0. The second-order valence-electron chi connectivity index (χ2n) is 9.43. The van der Waals surface area contributed by atoms with Crippen molar-refractivity contribution in [2.45, 2.75) is 19.3 Å². The number of alkyl halides is 3. The molecule has 0 spiro atoms. The van der Waals surface area contributed by atoms with Crippen LogP contribution in [0.5, 0.6) is 5.75 Å². The van der Waals surface area contributed by atoms with E-state index < -0.39 is 23.8 Å². The van der Waals surface area contributed by atoms with E-state index in [1.165, 1.54) is 45.9 Å². The van der Waals surface area contributed by atoms with Crippen LogP contribution in [0.1, 0.15) is 22.5 Å². The molecule has 6 aromatic rings. The zero-order valence-corrected chi connectivity index (χ0v) is 21.7. The van der Waals surface area contributed by atoms with Crippen LogP contribution in [0.25, 0.3) is 33.2 Å². The Balaban J connectivity index is 1.58. The van der Waals surface area contributed by atoms with E-state index in [0.29, 0.717) is 22.3 Å². The summed E-state index contributed by atoms with van der Waals surface area (Å²) in [5.74, 6) is 2.79. The highest BCUT2D eigenvalue weighted by molar-refractivity contribution is 5.98. The van der Waals surface area contributed by atoms with Crippen LogP contribution in [0, 0.1) is 12.3 Å². The Hall–Kier alpha value is -5.70. The number of halogens is 3. The molecule has 0 bridgehead atoms. The van der Waals surface area contributed by atoms with Gasteiger partial charge in [-0.3, -0.25) is 9.36 Å². The topological polar surface area (TPSA) is 125 Å². The number of rotatable bonds is 5. The van der Waals surface area contributed by atoms with Gasteiger partial charge in [-0.05, 0) is 48.0 Å². The molecule has 3 N–H and O–H groups in total. The Morgan fingerprint density at radius 2 is 1.71 bits per heavy atom. The molecule has 0 amide bonds. The first-order chi connectivity index (χ1) is 20.2. The number of nitrogens with zero attached hydrogens (tertiary/aromatic N) is 6. The van der Waals surface area contributed by atoms with Crippen LogP contribution in [0.15, 0.2) is 77.9 Å². The molecular weight excluding hydrogens is 547 g/mol. The number of anilines is 1. The number of hydrogen-bond acceptors (Lipinski definition) is 7. The van der Waals surface area contributed by atoms with Gasteiger partial charge in [0.05, 0.1) is 28.4 Å². The van der Waals surface area contributed by atoms with Crippen LogP contribution in [-0.2, 0) is 19.3 Å². The lowest BCUT2D eigenvalue weighted by Crippen LogP contribution is -2.29. The van der Waals surface area contributed by atoms with Gasteiger partial charge in [0, 0.05) is 11.1 Å². The lowest BCUT2D eigenvalue weighted by molar-refractivity contribution is -0.138. The normalized spacial score (nSPS) is 11.7. The van der Waals surface area contributed by atoms with Gasteiger partial charge in [-0.2, -0.15) is 18.3 Å². The van der Waals surface area contributed by atoms with E-state index in [2.05, 4.69) is 26.0 Å². The van der Waals surface area contributed by atoms with Crippen molar-refractivity contribution in [1.29, 1.82) is 0 Å². The second-order valence-corrected chi connectivity index (χ2v) is 9.43. The molecule has 0 aliphatic rings. The molecule has 12 heteroatoms. The SMILES string of the molecule is C#Cc1cccc2nc(Cn3nc(-c4ccc(O)cc4)c4c(N)ncnc43)n(Cc3ccccc3C(F)(F)F)c(=O)c12. The average Bonchev–Trinajstić information content (AvgIpc) is 3.34. The van der Waals surface area contributed by atoms with Crippen LogP contribution in [0.2, 0.25) is 0 Å². The number of benzene rings is 3. The van der Waals surface area contributed by atoms with E-state index in [0.717, 1.165) is 6.07 Å². The third-order valence-corrected chi connectivity index (χ3v) is 6.86. The van der Waals surface area contributed by atoms with Crippen molar-refractivity contribution in [3.05, 3.63) is 106 Å². The van der Waals surface area contributed by atoms with Crippen LogP contribution >= 0.6 is 0 Å². The maximum Gasteiger partial charge on any atom is 0.416 e. The first-order valence-corrected chi connectivity index (χ1v) is 12.6. The molecule has 3 aromatic carbocycles. The summed E-state index contributed by atoms with van der Waals surface area (Å²) >= 11 is 0. The Kier molecular flexibility index (Phi) is 6.34. The van der Waals surface area contributed by atoms with Gasteiger partial charge in [-0.25, -0.2) is 19.6 Å². The van der Waals surface area contributed by atoms with Gasteiger partial charge in [0.25, 0.3) is 5.56 Å². The smallest absolute Gasteiger partial charge is 0.416 e. The summed E-state index contributed by atoms with van der Waals surface area (Å²) in [5.41, 5.74) is 6.53. The van der Waals surface area contributed by atoms with Gasteiger partial charge >= 0.3 is 6.18 Å². The van der Waals surface area contributed by atoms with E-state index in [4.69, 9.17) is 12.2 Å². The summed E-state index contributed by atoms with van der Waals surface area (Å²) < 4.78 is 44.3. The van der Waals surface area contributed by atoms with Gasteiger partial charge < -0.3 is 10.8 Å². The van der Waals surface area contributed by atoms with Gasteiger partial charge in [0.15, 0.2) is 5.65 Å². The first kappa shape index (κ1) is 26.5. The van der Waals surface area contributed by atoms with Gasteiger partial charge in [0.2, 0.25) is 0 Å². The van der Waals surface area contributed by atoms with Crippen LogP contribution in [0.3, 0.4) is 0 Å². The van der Waals surface area contributed by atoms with Crippen molar-refractivity contribution >= 4 is 27.8 Å². The Labute approximate surface area is 235 Å². The van der Waals surface area contributed by atoms with E-state index in [-0.39, 0.29) is 46.0 Å². The number of nitrogens with two attached hydrogens (primary N) is 1. The molecule has 0 aliphatic carbocycles. The molecule has 208 valence electrons. The van der Waals surface area contributed by atoms with Gasteiger partial charge in [0.1, 0.15) is 36.0 Å². The average molecular weight is 568 g/mol. The van der Waals surface area contributed by atoms with Gasteiger partial charge in [-0.1, -0.05) is 30.2 Å². The molecule has 42 heavy (non-hydrogen) atoms. The largest absolute Gasteiger partial charge is 0.508 e. The molecule has 0 unspecified atom stereocenters. The molecule has 6 rings (SSSR count). The Bertz CT molecular complexity index is 2090. The predicted octanol–water partition coefficient (Wildman–Crippen LogP) is 4.59. The standard InChI is InChI=1S/C30H20F3N7O2/c1-2-17-7-5-9-22-24(17)29(42)39(14-19-6-3-4-8-21(19)30(31,32)33)23(37-22)15-40-28-25(27(34)35-16-36-28)26(38-40)18-10-12-20(41)13-11-18/h1,3-13,16,41H,14-15H2,(H2,34,35,36). The zero-order chi connectivity index (χ0) is 29.6. The molecule has 9 nitrogen and oxygen atoms in total. The number of phenolic OH excluding ortho intramolecular Hbond substituents is 1. The molecule has 0 atom stereocenters. The highest BCUT2D eigenvalue weighted by atomic mass is 19.4. The monoisotopic (exact) mass is 567 g/mol. The Morgan fingerprint density at radius 1 is 0.952 bits per heavy atom. The minimum Gasteiger partial charge on any atom is -0.508 e. The highest BCUT2D eigenvalue weighted by Gasteiger charge is 2.33. The minimum atomic E-state index is -4.64. The summed E-state index contributed by atoms with van der Waals surface area (Å²) in [4.78, 5) is 27.0. The van der Waals surface area contributed by atoms with Crippen molar-refractivity contribution in [2.24, 2.45) is 0 Å². The molecule has 0 saturated heterocycles. The molecule has 0 fully saturated rings. The Morgan fingerprint density at radius 3 is 2.45 bits per heavy atom. The highest BCUT2D eigenvalue weighted by Crippen LogP contribution is 2.33. The third-order valence-electron chi connectivity index (χ3n) is 6.86. The summed E-state index contributed by atoms with van der Waals surface area (Å²) in [7, 11) is 0. The molecule has 3 heterocycles. The van der Waals surface area contributed by atoms with Crippen LogP contribution < -0.4 is 11.3 Å². The number of fused-ring (bicyclic) bond motifs is 2. The number of phenols is 1. The summed E-state index contributed by atoms with van der Waals surface area (Å²) in [6.07, 6.45) is 2.26. The van der Waals surface area contributed by atoms with Crippen molar-refractivity contribution < 1.29 is 18.3 Å². The van der Waals surface area contributed by atoms with Crippen molar-refractivity contribution in [1.82, 2.24) is 29.3 Å². The lowest BCUT2D eigenvalue weighted by atomic mass is 10.1. The quantitative estimate of drug-likeness (QED) is 0.292. The maximum atomic E-state index is 13.9. The van der Waals surface area contributed by atoms with E-state index in [1.807, 2.05) is 0 Å². The zero-order valence-electron chi connectivity index (χ0n) is 21.7. The first-order valence-electron chi connectivity index (χ1n) is 12.6. The number of aromatic hydroxyl groups is 1. The fraction of sp³-hybridized carbons (Fsp3) is 0.100. The molecular formula is C30H20F3N7O2. The van der Waals surface area contributed by atoms with Gasteiger partial charge in [-0.15, -0.1) is 6.42 Å². The number of terminal acetylenes is 1. The third kappa shape index (κ3) is 4.56. The predicted molar refractivity (Wildman–Crippen MR) is 150 cm³/mol. The van der Waals surface area contributed by atoms with E-state index in [1.54, 1.807) is 30.3 Å². The fourth-order valence-electron chi connectivity index (χ4n) is 4.91. The molecule has 0 saturated carbocycles. The fourth-order valence-corrected chi connectivity index (χ4v) is 4.91. The van der Waals surface area contributed by atoms with E-state index in [9.17, 15) is 23.1 Å². The molecule has 0 aliphatic heterocycles. The molecule has 3 aromatic heterocycles. The lowest BCUT2D eigenvalue weighted by Gasteiger charge is -2.17. The molecule has 0 radical (unpaired) electrons. The van der Waals surface area contributed by atoms with Crippen molar-refractivity contribution in [3.8, 4) is 29.4 Å². The van der Waals surface area contributed by atoms with Crippen molar-refractivity contribution in [3.63, 3.8) is 0 Å². The number of nitrogen functional groups attached to an aromatic ring is 1. The minimum absolute atomic E-state index is 0.0570. The van der Waals surface area contributed by atoms with Crippen LogP contribution in [-0.4, -0.2) is 34.4 Å². The van der Waals surface area contributed by atoms with Crippen molar-refractivity contribution in [2.75, 3.05) is 5.73 Å². The summed E-state index contributed by atoms with van der Waals surface area (Å²) in [6.45, 7) is -0.572. The maximum absolute atomic E-state index is 13.9. The summed E-state index contributed by atoms with van der Waals surface area (Å²) in [6, 6.07) is 16.1. The number of hydrogen-bond donors (Lipinski definition) is 2. The number of aromatic nitrogens is 6. The van der Waals surface area contributed by atoms with E-state index >= 15 is 0 Å². The van der Waals surface area contributed by atoms with Crippen LogP contribution in [0.4, 0.5) is 19.0 Å².